The molecule has 0 aliphatic rings. The quantitative estimate of drug-likeness (QED) is 0.694. The van der Waals surface area contributed by atoms with E-state index in [2.05, 4.69) is 5.32 Å². The maximum atomic E-state index is 12.9. The highest BCUT2D eigenvalue weighted by Gasteiger charge is 2.25. The molecule has 0 unspecified atom stereocenters. The van der Waals surface area contributed by atoms with Gasteiger partial charge in [0.25, 0.3) is 0 Å². The summed E-state index contributed by atoms with van der Waals surface area (Å²) < 4.78 is 32.0. The van der Waals surface area contributed by atoms with E-state index >= 15 is 0 Å². The van der Waals surface area contributed by atoms with Gasteiger partial charge in [0.05, 0.1) is 18.6 Å². The summed E-state index contributed by atoms with van der Waals surface area (Å²) in [4.78, 5) is 12.8. The van der Waals surface area contributed by atoms with Crippen molar-refractivity contribution < 1.29 is 17.9 Å². The molecule has 2 aromatic carbocycles. The molecule has 0 aliphatic heterocycles. The first kappa shape index (κ1) is 21.9. The van der Waals surface area contributed by atoms with E-state index in [1.165, 1.54) is 23.5 Å². The van der Waals surface area contributed by atoms with Crippen LogP contribution in [0, 0.1) is 0 Å². The highest BCUT2D eigenvalue weighted by atomic mass is 32.2. The molecule has 0 saturated heterocycles. The Morgan fingerprint density at radius 1 is 1.00 bits per heavy atom. The minimum Gasteiger partial charge on any atom is -0.497 e. The summed E-state index contributed by atoms with van der Waals surface area (Å²) in [6.07, 6.45) is 1.57. The second kappa shape index (κ2) is 9.71. The molecule has 0 atom stereocenters. The van der Waals surface area contributed by atoms with Gasteiger partial charge in [-0.15, -0.1) is 0 Å². The Morgan fingerprint density at radius 2 is 1.57 bits per heavy atom. The van der Waals surface area contributed by atoms with Gasteiger partial charge in [0, 0.05) is 12.2 Å². The number of hydrogen-bond acceptors (Lipinski definition) is 4. The monoisotopic (exact) mass is 404 g/mol. The van der Waals surface area contributed by atoms with Crippen LogP contribution in [0.3, 0.4) is 0 Å². The topological polar surface area (TPSA) is 75.7 Å². The average Bonchev–Trinajstić information content (AvgIpc) is 2.71. The Morgan fingerprint density at radius 3 is 2.04 bits per heavy atom. The van der Waals surface area contributed by atoms with Crippen LogP contribution in [0.4, 0.5) is 5.69 Å². The van der Waals surface area contributed by atoms with E-state index in [0.717, 1.165) is 29.7 Å². The minimum absolute atomic E-state index is 0.131. The van der Waals surface area contributed by atoms with Gasteiger partial charge in [-0.3, -0.25) is 4.79 Å². The Hall–Kier alpha value is -2.38. The predicted octanol–water partition coefficient (Wildman–Crippen LogP) is 3.47. The molecule has 28 heavy (non-hydrogen) atoms. The molecule has 0 fully saturated rings. The third-order valence-electron chi connectivity index (χ3n) is 4.63. The van der Waals surface area contributed by atoms with Crippen molar-refractivity contribution >= 4 is 21.6 Å². The molecule has 0 aromatic heterocycles. The summed E-state index contributed by atoms with van der Waals surface area (Å²) >= 11 is 0. The summed E-state index contributed by atoms with van der Waals surface area (Å²) in [6, 6.07) is 12.1. The van der Waals surface area contributed by atoms with Crippen molar-refractivity contribution in [3.63, 3.8) is 0 Å². The molecule has 7 heteroatoms. The third kappa shape index (κ3) is 4.91. The summed E-state index contributed by atoms with van der Waals surface area (Å²) in [7, 11) is -2.26. The van der Waals surface area contributed by atoms with Crippen LogP contribution in [0.1, 0.15) is 31.9 Å². The van der Waals surface area contributed by atoms with Gasteiger partial charge in [-0.25, -0.2) is 8.42 Å². The SMILES string of the molecule is CCc1cccc(CC)c1NC(=O)CN(CC)S(=O)(=O)c1ccc(OC)cc1. The highest BCUT2D eigenvalue weighted by Crippen LogP contribution is 2.23. The van der Waals surface area contributed by atoms with Crippen LogP contribution in [0.15, 0.2) is 47.4 Å². The van der Waals surface area contributed by atoms with Gasteiger partial charge in [-0.05, 0) is 48.2 Å². The molecule has 0 heterocycles. The maximum Gasteiger partial charge on any atom is 0.243 e. The van der Waals surface area contributed by atoms with Crippen molar-refractivity contribution in [1.82, 2.24) is 4.31 Å². The fourth-order valence-electron chi connectivity index (χ4n) is 3.01. The van der Waals surface area contributed by atoms with Crippen LogP contribution in [-0.2, 0) is 27.7 Å². The maximum absolute atomic E-state index is 12.9. The number of carbonyl (C=O) groups is 1. The first-order chi connectivity index (χ1) is 13.4. The lowest BCUT2D eigenvalue weighted by atomic mass is 10.0. The molecule has 6 nitrogen and oxygen atoms in total. The molecule has 152 valence electrons. The summed E-state index contributed by atoms with van der Waals surface area (Å²) in [5.74, 6) is 0.220. The summed E-state index contributed by atoms with van der Waals surface area (Å²) in [5, 5.41) is 2.92. The number of aryl methyl sites for hydroxylation is 2. The van der Waals surface area contributed by atoms with Crippen LogP contribution in [0.5, 0.6) is 5.75 Å². The Balaban J connectivity index is 2.21. The second-order valence-corrected chi connectivity index (χ2v) is 8.25. The zero-order chi connectivity index (χ0) is 20.7. The number of ether oxygens (including phenoxy) is 1. The number of sulfonamides is 1. The number of hydrogen-bond donors (Lipinski definition) is 1. The van der Waals surface area contributed by atoms with E-state index in [0.29, 0.717) is 5.75 Å². The number of benzene rings is 2. The number of methoxy groups -OCH3 is 1. The highest BCUT2D eigenvalue weighted by molar-refractivity contribution is 7.89. The van der Waals surface area contributed by atoms with Crippen LogP contribution >= 0.6 is 0 Å². The fraction of sp³-hybridized carbons (Fsp3) is 0.381. The van der Waals surface area contributed by atoms with E-state index in [-0.39, 0.29) is 23.9 Å². The van der Waals surface area contributed by atoms with Crippen LogP contribution in [0.2, 0.25) is 0 Å². The van der Waals surface area contributed by atoms with E-state index < -0.39 is 10.0 Å². The van der Waals surface area contributed by atoms with Crippen molar-refractivity contribution in [2.75, 3.05) is 25.5 Å². The van der Waals surface area contributed by atoms with E-state index in [9.17, 15) is 13.2 Å². The van der Waals surface area contributed by atoms with Gasteiger partial charge in [0.15, 0.2) is 0 Å². The van der Waals surface area contributed by atoms with Crippen molar-refractivity contribution in [3.8, 4) is 5.75 Å². The second-order valence-electron chi connectivity index (χ2n) is 6.31. The zero-order valence-corrected chi connectivity index (χ0v) is 17.7. The summed E-state index contributed by atoms with van der Waals surface area (Å²) in [5.41, 5.74) is 2.86. The van der Waals surface area contributed by atoms with Crippen LogP contribution < -0.4 is 10.1 Å². The molecule has 2 rings (SSSR count). The van der Waals surface area contributed by atoms with Gasteiger partial charge in [-0.2, -0.15) is 4.31 Å². The van der Waals surface area contributed by atoms with Crippen molar-refractivity contribution in [2.24, 2.45) is 0 Å². The van der Waals surface area contributed by atoms with Crippen molar-refractivity contribution in [2.45, 2.75) is 38.5 Å². The molecular formula is C21H28N2O4S. The van der Waals surface area contributed by atoms with E-state index in [4.69, 9.17) is 4.74 Å². The number of rotatable bonds is 9. The Labute approximate surface area is 167 Å². The van der Waals surface area contributed by atoms with E-state index in [1.54, 1.807) is 19.1 Å². The molecule has 1 N–H and O–H groups in total. The number of carbonyl (C=O) groups excluding carboxylic acids is 1. The van der Waals surface area contributed by atoms with Gasteiger partial charge >= 0.3 is 0 Å². The number of nitrogens with zero attached hydrogens (tertiary/aromatic N) is 1. The number of amides is 1. The largest absolute Gasteiger partial charge is 0.497 e. The zero-order valence-electron chi connectivity index (χ0n) is 16.9. The summed E-state index contributed by atoms with van der Waals surface area (Å²) in [6.45, 7) is 5.71. The molecule has 2 aromatic rings. The lowest BCUT2D eigenvalue weighted by Gasteiger charge is -2.21. The molecule has 1 amide bonds. The normalized spacial score (nSPS) is 11.5. The van der Waals surface area contributed by atoms with E-state index in [1.807, 2.05) is 32.0 Å². The lowest BCUT2D eigenvalue weighted by Crippen LogP contribution is -2.38. The van der Waals surface area contributed by atoms with Crippen LogP contribution in [0.25, 0.3) is 0 Å². The number of nitrogens with one attached hydrogen (secondary N) is 1. The van der Waals surface area contributed by atoms with Gasteiger partial charge in [-0.1, -0.05) is 39.0 Å². The Bertz CT molecular complexity index is 886. The number of likely N-dealkylation sites (N-methyl/N-ethyl adjacent to an activating group) is 1. The predicted molar refractivity (Wildman–Crippen MR) is 111 cm³/mol. The smallest absolute Gasteiger partial charge is 0.243 e. The van der Waals surface area contributed by atoms with Crippen molar-refractivity contribution in [3.05, 3.63) is 53.6 Å². The molecule has 0 radical (unpaired) electrons. The van der Waals surface area contributed by atoms with Gasteiger partial charge < -0.3 is 10.1 Å². The number of anilines is 1. The third-order valence-corrected chi connectivity index (χ3v) is 6.57. The number of para-hydroxylation sites is 1. The standard InChI is InChI=1S/C21H28N2O4S/c1-5-16-9-8-10-17(6-2)21(16)22-20(24)15-23(7-3)28(25,26)19-13-11-18(27-4)12-14-19/h8-14H,5-7,15H2,1-4H3,(H,22,24). The molecule has 0 saturated carbocycles. The first-order valence-corrected chi connectivity index (χ1v) is 10.9. The molecule has 0 bridgehead atoms. The molecule has 0 aliphatic carbocycles. The average molecular weight is 405 g/mol. The van der Waals surface area contributed by atoms with Gasteiger partial charge in [0.1, 0.15) is 5.75 Å². The minimum atomic E-state index is -3.78. The van der Waals surface area contributed by atoms with Crippen molar-refractivity contribution in [1.29, 1.82) is 0 Å². The Kier molecular flexibility index (Phi) is 7.60. The molecule has 0 spiro atoms. The van der Waals surface area contributed by atoms with Gasteiger partial charge in [0.2, 0.25) is 15.9 Å². The molecular weight excluding hydrogens is 376 g/mol. The fourth-order valence-corrected chi connectivity index (χ4v) is 4.41. The first-order valence-electron chi connectivity index (χ1n) is 9.42. The van der Waals surface area contributed by atoms with Crippen LogP contribution in [-0.4, -0.2) is 38.8 Å². The lowest BCUT2D eigenvalue weighted by molar-refractivity contribution is -0.116.